The van der Waals surface area contributed by atoms with Crippen LogP contribution in [0, 0.1) is 34.6 Å². The molecule has 0 aromatic carbocycles. The Hall–Kier alpha value is -2.38. The molecule has 1 aromatic heterocycles. The van der Waals surface area contributed by atoms with Gasteiger partial charge < -0.3 is 10.0 Å². The van der Waals surface area contributed by atoms with E-state index in [1.165, 1.54) is 6.07 Å². The molecule has 3 atom stereocenters. The highest BCUT2D eigenvalue weighted by atomic mass is 19.4. The minimum Gasteiger partial charge on any atom is -0.393 e. The predicted octanol–water partition coefficient (Wildman–Crippen LogP) is 4.05. The number of piperazine rings is 1. The summed E-state index contributed by atoms with van der Waals surface area (Å²) in [5, 5.41) is 23.0. The molecule has 202 valence electrons. The fourth-order valence-corrected chi connectivity index (χ4v) is 7.71. The average molecular weight is 519 g/mol. The second kappa shape index (κ2) is 9.42. The van der Waals surface area contributed by atoms with Crippen LogP contribution in [0.4, 0.5) is 19.0 Å². The molecule has 1 aliphatic heterocycles. The molecular weight excluding hydrogens is 481 g/mol. The van der Waals surface area contributed by atoms with E-state index in [4.69, 9.17) is 4.99 Å². The third-order valence-corrected chi connectivity index (χ3v) is 9.66. The van der Waals surface area contributed by atoms with Gasteiger partial charge >= 0.3 is 6.18 Å². The molecule has 0 radical (unpaired) electrons. The van der Waals surface area contributed by atoms with Gasteiger partial charge in [-0.3, -0.25) is 15.2 Å². The molecular formula is C27H37F3N6O. The van der Waals surface area contributed by atoms with Crippen LogP contribution in [0.3, 0.4) is 0 Å². The summed E-state index contributed by atoms with van der Waals surface area (Å²) in [6.45, 7) is 8.69. The number of alkyl halides is 3. The van der Waals surface area contributed by atoms with Crippen molar-refractivity contribution in [1.82, 2.24) is 15.2 Å². The lowest BCUT2D eigenvalue weighted by Crippen LogP contribution is -2.61. The number of rotatable bonds is 5. The number of aliphatic hydroxyl groups is 1. The van der Waals surface area contributed by atoms with Crippen molar-refractivity contribution < 1.29 is 18.3 Å². The monoisotopic (exact) mass is 518 g/mol. The topological polar surface area (TPSA) is 87.8 Å². The molecule has 1 saturated heterocycles. The highest BCUT2D eigenvalue weighted by Crippen LogP contribution is 2.62. The van der Waals surface area contributed by atoms with Gasteiger partial charge in [0.2, 0.25) is 0 Å². The smallest absolute Gasteiger partial charge is 0.393 e. The van der Waals surface area contributed by atoms with Gasteiger partial charge in [-0.1, -0.05) is 0 Å². The molecule has 5 aliphatic rings. The zero-order valence-corrected chi connectivity index (χ0v) is 21.8. The molecule has 10 heteroatoms. The molecule has 7 nitrogen and oxygen atoms in total. The molecule has 5 fully saturated rings. The summed E-state index contributed by atoms with van der Waals surface area (Å²) in [7, 11) is 0. The van der Waals surface area contributed by atoms with Crippen LogP contribution < -0.4 is 10.2 Å². The summed E-state index contributed by atoms with van der Waals surface area (Å²) in [6, 6.07) is 2.67. The normalized spacial score (nSPS) is 33.4. The van der Waals surface area contributed by atoms with Crippen LogP contribution in [0.25, 0.3) is 0 Å². The number of amidine groups is 1. The fourth-order valence-electron chi connectivity index (χ4n) is 7.71. The van der Waals surface area contributed by atoms with Gasteiger partial charge in [-0.15, -0.1) is 0 Å². The highest BCUT2D eigenvalue weighted by Gasteiger charge is 2.57. The SMILES string of the molecule is CC(O)C12CC3CC(C1)C(N=C(NC#N)C(C)(C)N1CCN(c4ccc(C(F)(F)F)cn4)CC1)C(C3)C2. The van der Waals surface area contributed by atoms with E-state index in [9.17, 15) is 23.5 Å². The molecule has 4 aliphatic carbocycles. The van der Waals surface area contributed by atoms with Crippen LogP contribution in [0.2, 0.25) is 0 Å². The second-order valence-electron chi connectivity index (χ2n) is 12.1. The highest BCUT2D eigenvalue weighted by molar-refractivity contribution is 5.92. The van der Waals surface area contributed by atoms with E-state index in [2.05, 4.69) is 35.2 Å². The Kier molecular flexibility index (Phi) is 6.68. The Labute approximate surface area is 216 Å². The zero-order valence-electron chi connectivity index (χ0n) is 21.8. The maximum atomic E-state index is 12.9. The van der Waals surface area contributed by atoms with Crippen molar-refractivity contribution >= 4 is 11.7 Å². The van der Waals surface area contributed by atoms with Gasteiger partial charge in [0.15, 0.2) is 6.19 Å². The third kappa shape index (κ3) is 4.81. The molecule has 4 saturated carbocycles. The molecule has 2 N–H and O–H groups in total. The number of nitrogens with one attached hydrogen (secondary N) is 1. The largest absolute Gasteiger partial charge is 0.417 e. The lowest BCUT2D eigenvalue weighted by Gasteiger charge is -2.60. The van der Waals surface area contributed by atoms with Crippen molar-refractivity contribution in [1.29, 1.82) is 5.26 Å². The molecule has 1 aromatic rings. The Balaban J connectivity index is 1.29. The van der Waals surface area contributed by atoms with Crippen LogP contribution in [-0.2, 0) is 6.18 Å². The number of pyridine rings is 1. The Morgan fingerprint density at radius 3 is 2.32 bits per heavy atom. The van der Waals surface area contributed by atoms with Crippen LogP contribution in [0.15, 0.2) is 23.3 Å². The van der Waals surface area contributed by atoms with E-state index in [0.29, 0.717) is 55.6 Å². The summed E-state index contributed by atoms with van der Waals surface area (Å²) in [5.41, 5.74) is -1.22. The van der Waals surface area contributed by atoms with E-state index < -0.39 is 17.3 Å². The van der Waals surface area contributed by atoms with Crippen LogP contribution in [-0.4, -0.2) is 64.7 Å². The van der Waals surface area contributed by atoms with E-state index in [1.54, 1.807) is 0 Å². The quantitative estimate of drug-likeness (QED) is 0.265. The molecule has 0 amide bonds. The van der Waals surface area contributed by atoms with Gasteiger partial charge in [0.1, 0.15) is 11.7 Å². The van der Waals surface area contributed by atoms with Crippen LogP contribution >= 0.6 is 0 Å². The minimum atomic E-state index is -4.40. The summed E-state index contributed by atoms with van der Waals surface area (Å²) >= 11 is 0. The lowest BCUT2D eigenvalue weighted by molar-refractivity contribution is -0.137. The number of hydrogen-bond acceptors (Lipinski definition) is 6. The number of nitrogens with zero attached hydrogens (tertiary/aromatic N) is 5. The minimum absolute atomic E-state index is 0.0313. The zero-order chi connectivity index (χ0) is 26.6. The van der Waals surface area contributed by atoms with Crippen molar-refractivity contribution in [3.63, 3.8) is 0 Å². The second-order valence-corrected chi connectivity index (χ2v) is 12.1. The van der Waals surface area contributed by atoms with E-state index in [0.717, 1.165) is 44.4 Å². The molecule has 37 heavy (non-hydrogen) atoms. The van der Waals surface area contributed by atoms with Gasteiger partial charge in [0.05, 0.1) is 23.2 Å². The Morgan fingerprint density at radius 1 is 1.16 bits per heavy atom. The summed E-state index contributed by atoms with van der Waals surface area (Å²) in [5.74, 6) is 2.77. The van der Waals surface area contributed by atoms with Crippen LogP contribution in [0.1, 0.15) is 58.4 Å². The number of hydrogen-bond donors (Lipinski definition) is 2. The maximum absolute atomic E-state index is 12.9. The van der Waals surface area contributed by atoms with Gasteiger partial charge in [-0.25, -0.2) is 4.98 Å². The first kappa shape index (κ1) is 26.2. The lowest BCUT2D eigenvalue weighted by atomic mass is 9.46. The summed E-state index contributed by atoms with van der Waals surface area (Å²) in [6.07, 6.45) is 3.74. The number of halogens is 3. The first-order valence-corrected chi connectivity index (χ1v) is 13.4. The van der Waals surface area contributed by atoms with Crippen molar-refractivity contribution in [2.24, 2.45) is 28.2 Å². The molecule has 0 spiro atoms. The number of aliphatic imine (C=N–C) groups is 1. The predicted molar refractivity (Wildman–Crippen MR) is 135 cm³/mol. The maximum Gasteiger partial charge on any atom is 0.417 e. The van der Waals surface area contributed by atoms with Gasteiger partial charge in [0, 0.05) is 32.4 Å². The van der Waals surface area contributed by atoms with E-state index >= 15 is 0 Å². The van der Waals surface area contributed by atoms with Crippen molar-refractivity contribution in [3.05, 3.63) is 23.9 Å². The fraction of sp³-hybridized carbons (Fsp3) is 0.741. The third-order valence-electron chi connectivity index (χ3n) is 9.66. The molecule has 4 bridgehead atoms. The average Bonchev–Trinajstić information content (AvgIpc) is 2.84. The van der Waals surface area contributed by atoms with Crippen molar-refractivity contribution in [2.75, 3.05) is 31.1 Å². The Morgan fingerprint density at radius 2 is 1.81 bits per heavy atom. The molecule has 6 rings (SSSR count). The Bertz CT molecular complexity index is 1040. The van der Waals surface area contributed by atoms with Crippen molar-refractivity contribution in [2.45, 2.75) is 76.7 Å². The number of nitriles is 1. The van der Waals surface area contributed by atoms with Crippen molar-refractivity contribution in [3.8, 4) is 6.19 Å². The molecule has 2 heterocycles. The first-order valence-electron chi connectivity index (χ1n) is 13.4. The van der Waals surface area contributed by atoms with Crippen LogP contribution in [0.5, 0.6) is 0 Å². The number of aromatic nitrogens is 1. The first-order chi connectivity index (χ1) is 17.4. The standard InChI is InChI=1S/C27H37F3N6O/c1-17(37)26-12-18-10-19(13-26)23(20(11-18)14-26)34-24(33-16-31)25(2,3)36-8-6-35(7-9-36)22-5-4-21(15-32-22)27(28,29)30/h4-5,15,17-20,23,37H,6-14H2,1-3H3,(H,33,34). The molecule has 3 unspecified atom stereocenters. The van der Waals surface area contributed by atoms with Gasteiger partial charge in [-0.2, -0.15) is 18.4 Å². The number of aliphatic hydroxyl groups excluding tert-OH is 1. The van der Waals surface area contributed by atoms with Gasteiger partial charge in [0.25, 0.3) is 0 Å². The number of anilines is 1. The van der Waals surface area contributed by atoms with E-state index in [1.807, 2.05) is 11.8 Å². The van der Waals surface area contributed by atoms with Gasteiger partial charge in [-0.05, 0) is 88.2 Å². The van der Waals surface area contributed by atoms with E-state index in [-0.39, 0.29) is 17.6 Å². The summed E-state index contributed by atoms with van der Waals surface area (Å²) < 4.78 is 38.7. The summed E-state index contributed by atoms with van der Waals surface area (Å²) in [4.78, 5) is 13.6.